The lowest BCUT2D eigenvalue weighted by Gasteiger charge is -2.28. The molecule has 0 saturated carbocycles. The number of carbonyl (C=O) groups excluding carboxylic acids is 1. The van der Waals surface area contributed by atoms with Gasteiger partial charge in [-0.1, -0.05) is 24.3 Å². The van der Waals surface area contributed by atoms with E-state index in [2.05, 4.69) is 0 Å². The highest BCUT2D eigenvalue weighted by Crippen LogP contribution is 2.23. The first-order valence-electron chi connectivity index (χ1n) is 5.64. The van der Waals surface area contributed by atoms with Crippen LogP contribution in [0.4, 0.5) is 5.69 Å². The molecule has 0 saturated heterocycles. The van der Waals surface area contributed by atoms with Gasteiger partial charge in [-0.25, -0.2) is 4.21 Å². The van der Waals surface area contributed by atoms with E-state index < -0.39 is 21.8 Å². The van der Waals surface area contributed by atoms with Crippen LogP contribution in [-0.4, -0.2) is 31.1 Å². The van der Waals surface area contributed by atoms with Crippen molar-refractivity contribution < 1.29 is 13.9 Å². The molecule has 1 amide bonds. The number of nitrogens with zero attached hydrogens (tertiary/aromatic N) is 2. The first kappa shape index (κ1) is 13.4. The maximum atomic E-state index is 12.3. The molecule has 7 heteroatoms. The highest BCUT2D eigenvalue weighted by Gasteiger charge is 2.31. The molecule has 0 aromatic heterocycles. The van der Waals surface area contributed by atoms with Gasteiger partial charge in [-0.2, -0.15) is 0 Å². The summed E-state index contributed by atoms with van der Waals surface area (Å²) in [6, 6.07) is 5.34. The largest absolute Gasteiger partial charge is 0.282 e. The maximum absolute atomic E-state index is 12.3. The minimum absolute atomic E-state index is 0.0389. The number of hydrogen-bond donors (Lipinski definition) is 0. The minimum atomic E-state index is -1.49. The number of nitro groups is 1. The van der Waals surface area contributed by atoms with Crippen LogP contribution < -0.4 is 0 Å². The summed E-state index contributed by atoms with van der Waals surface area (Å²) in [5.41, 5.74) is -0.311. The molecule has 2 rings (SSSR count). The van der Waals surface area contributed by atoms with Gasteiger partial charge in [0.05, 0.1) is 16.7 Å². The predicted molar refractivity (Wildman–Crippen MR) is 70.9 cm³/mol. The molecule has 0 fully saturated rings. The zero-order valence-electron chi connectivity index (χ0n) is 10.2. The summed E-state index contributed by atoms with van der Waals surface area (Å²) in [5.74, 6) is -0.334. The van der Waals surface area contributed by atoms with Gasteiger partial charge in [0.25, 0.3) is 11.6 Å². The molecule has 1 unspecified atom stereocenters. The Hall–Kier alpha value is -2.02. The summed E-state index contributed by atoms with van der Waals surface area (Å²) in [5, 5.41) is 10.9. The molecule has 0 spiro atoms. The number of amides is 1. The van der Waals surface area contributed by atoms with Crippen molar-refractivity contribution in [3.8, 4) is 0 Å². The fourth-order valence-electron chi connectivity index (χ4n) is 1.89. The van der Waals surface area contributed by atoms with Gasteiger partial charge in [0.15, 0.2) is 0 Å². The van der Waals surface area contributed by atoms with Crippen LogP contribution in [0.25, 0.3) is 0 Å². The fraction of sp³-hybridized carbons (Fsp3) is 0.250. The van der Waals surface area contributed by atoms with Crippen molar-refractivity contribution in [3.05, 3.63) is 52.1 Å². The van der Waals surface area contributed by atoms with E-state index in [1.54, 1.807) is 25.1 Å². The van der Waals surface area contributed by atoms with Crippen molar-refractivity contribution >= 4 is 22.6 Å². The summed E-state index contributed by atoms with van der Waals surface area (Å²) in [6.45, 7) is 1.72. The van der Waals surface area contributed by atoms with Gasteiger partial charge < -0.3 is 0 Å². The van der Waals surface area contributed by atoms with Gasteiger partial charge in [0.2, 0.25) is 0 Å². The average Bonchev–Trinajstić information content (AvgIpc) is 2.38. The van der Waals surface area contributed by atoms with Gasteiger partial charge >= 0.3 is 0 Å². The molecule has 19 heavy (non-hydrogen) atoms. The lowest BCUT2D eigenvalue weighted by Crippen LogP contribution is -2.42. The van der Waals surface area contributed by atoms with Crippen molar-refractivity contribution in [1.82, 2.24) is 4.31 Å². The Morgan fingerprint density at radius 2 is 2.16 bits per heavy atom. The van der Waals surface area contributed by atoms with Gasteiger partial charge in [-0.05, 0) is 13.0 Å². The molecule has 1 aliphatic rings. The van der Waals surface area contributed by atoms with E-state index in [0.717, 1.165) is 0 Å². The van der Waals surface area contributed by atoms with E-state index in [0.29, 0.717) is 0 Å². The summed E-state index contributed by atoms with van der Waals surface area (Å²) in [4.78, 5) is 22.6. The predicted octanol–water partition coefficient (Wildman–Crippen LogP) is 1.66. The van der Waals surface area contributed by atoms with Crippen LogP contribution >= 0.6 is 0 Å². The Labute approximate surface area is 112 Å². The third-order valence-electron chi connectivity index (χ3n) is 2.77. The molecule has 6 nitrogen and oxygen atoms in total. The topological polar surface area (TPSA) is 80.5 Å². The molecule has 2 atom stereocenters. The molecule has 1 aromatic carbocycles. The van der Waals surface area contributed by atoms with Crippen molar-refractivity contribution in [2.24, 2.45) is 0 Å². The summed E-state index contributed by atoms with van der Waals surface area (Å²) >= 11 is 0. The summed E-state index contributed by atoms with van der Waals surface area (Å²) in [6.07, 6.45) is 3.50. The van der Waals surface area contributed by atoms with Gasteiger partial charge in [0, 0.05) is 6.07 Å². The van der Waals surface area contributed by atoms with Crippen molar-refractivity contribution in [2.75, 3.05) is 5.75 Å². The molecule has 1 aliphatic heterocycles. The third kappa shape index (κ3) is 2.55. The molecule has 0 bridgehead atoms. The average molecular weight is 280 g/mol. The number of hydrogen-bond acceptors (Lipinski definition) is 4. The number of benzene rings is 1. The van der Waals surface area contributed by atoms with E-state index in [9.17, 15) is 19.1 Å². The molecule has 1 heterocycles. The Kier molecular flexibility index (Phi) is 3.75. The van der Waals surface area contributed by atoms with E-state index in [1.165, 1.54) is 22.5 Å². The van der Waals surface area contributed by atoms with Gasteiger partial charge in [0.1, 0.15) is 16.5 Å². The van der Waals surface area contributed by atoms with Crippen LogP contribution in [0, 0.1) is 10.1 Å². The van der Waals surface area contributed by atoms with E-state index in [1.807, 2.05) is 0 Å². The maximum Gasteiger partial charge on any atom is 0.282 e. The minimum Gasteiger partial charge on any atom is -0.268 e. The Morgan fingerprint density at radius 1 is 1.47 bits per heavy atom. The van der Waals surface area contributed by atoms with Crippen LogP contribution in [0.3, 0.4) is 0 Å². The second-order valence-electron chi connectivity index (χ2n) is 4.06. The summed E-state index contributed by atoms with van der Waals surface area (Å²) < 4.78 is 13.1. The van der Waals surface area contributed by atoms with Crippen molar-refractivity contribution in [2.45, 2.75) is 13.0 Å². The normalized spacial score (nSPS) is 22.3. The molecule has 0 N–H and O–H groups in total. The molecular weight excluding hydrogens is 268 g/mol. The number of carbonyl (C=O) groups is 1. The van der Waals surface area contributed by atoms with Crippen LogP contribution in [0.2, 0.25) is 0 Å². The monoisotopic (exact) mass is 280 g/mol. The Balaban J connectivity index is 2.42. The fourth-order valence-corrected chi connectivity index (χ4v) is 3.05. The Bertz CT molecular complexity index is 585. The van der Waals surface area contributed by atoms with E-state index >= 15 is 0 Å². The zero-order valence-corrected chi connectivity index (χ0v) is 11.0. The Morgan fingerprint density at radius 3 is 2.79 bits per heavy atom. The summed E-state index contributed by atoms with van der Waals surface area (Å²) in [7, 11) is -1.49. The second kappa shape index (κ2) is 5.31. The SMILES string of the molecule is C[C@H]1C=CCS(=O)N1C(=O)c1ccccc1[N+](=O)[O-]. The number of nitro benzene ring substituents is 1. The first-order valence-corrected chi connectivity index (χ1v) is 6.92. The number of para-hydroxylation sites is 1. The lowest BCUT2D eigenvalue weighted by molar-refractivity contribution is -0.385. The highest BCUT2D eigenvalue weighted by molar-refractivity contribution is 7.83. The van der Waals surface area contributed by atoms with Crippen molar-refractivity contribution in [3.63, 3.8) is 0 Å². The lowest BCUT2D eigenvalue weighted by atomic mass is 10.1. The molecule has 100 valence electrons. The zero-order chi connectivity index (χ0) is 14.0. The quantitative estimate of drug-likeness (QED) is 0.469. The second-order valence-corrected chi connectivity index (χ2v) is 5.43. The van der Waals surface area contributed by atoms with Crippen molar-refractivity contribution in [1.29, 1.82) is 0 Å². The highest BCUT2D eigenvalue weighted by atomic mass is 32.2. The molecule has 1 aromatic rings. The van der Waals surface area contributed by atoms with Gasteiger partial charge in [-0.3, -0.25) is 19.2 Å². The first-order chi connectivity index (χ1) is 9.02. The molecule has 0 aliphatic carbocycles. The van der Waals surface area contributed by atoms with Crippen LogP contribution in [0.1, 0.15) is 17.3 Å². The number of rotatable bonds is 2. The van der Waals surface area contributed by atoms with Gasteiger partial charge in [-0.15, -0.1) is 0 Å². The molecule has 0 radical (unpaired) electrons. The standard InChI is InChI=1S/C12H12N2O4S/c1-9-5-4-8-19(18)13(9)12(15)10-6-2-3-7-11(10)14(16)17/h2-7,9H,8H2,1H3/t9-,19?/m0/s1. The van der Waals surface area contributed by atoms with Crippen LogP contribution in [0.5, 0.6) is 0 Å². The smallest absolute Gasteiger partial charge is 0.268 e. The van der Waals surface area contributed by atoms with E-state index in [-0.39, 0.29) is 23.0 Å². The van der Waals surface area contributed by atoms with Crippen LogP contribution in [-0.2, 0) is 11.0 Å². The van der Waals surface area contributed by atoms with E-state index in [4.69, 9.17) is 0 Å². The molecular formula is C12H12N2O4S. The third-order valence-corrected chi connectivity index (χ3v) is 4.19. The van der Waals surface area contributed by atoms with Crippen LogP contribution in [0.15, 0.2) is 36.4 Å².